The lowest BCUT2D eigenvalue weighted by molar-refractivity contribution is -0.382. The van der Waals surface area contributed by atoms with Gasteiger partial charge in [-0.2, -0.15) is 47.9 Å². The van der Waals surface area contributed by atoms with Gasteiger partial charge in [-0.1, -0.05) is 41.7 Å². The molecule has 0 spiro atoms. The second-order valence-corrected chi connectivity index (χ2v) is 15.9. The Balaban J connectivity index is 1.65. The Kier molecular flexibility index (Phi) is 8.25. The van der Waals surface area contributed by atoms with Gasteiger partial charge in [0, 0.05) is 26.5 Å². The van der Waals surface area contributed by atoms with E-state index in [9.17, 15) is 47.9 Å². The van der Waals surface area contributed by atoms with E-state index < -0.39 is 43.7 Å². The van der Waals surface area contributed by atoms with Gasteiger partial charge in [-0.3, -0.25) is 0 Å². The fourth-order valence-electron chi connectivity index (χ4n) is 4.73. The summed E-state index contributed by atoms with van der Waals surface area (Å²) in [6, 6.07) is 9.92. The lowest BCUT2D eigenvalue weighted by Crippen LogP contribution is -2.63. The molecular weight excluding hydrogens is 603 g/mol. The summed E-state index contributed by atoms with van der Waals surface area (Å²) < 4.78 is 150. The van der Waals surface area contributed by atoms with Crippen molar-refractivity contribution in [2.24, 2.45) is 0 Å². The van der Waals surface area contributed by atoms with Crippen LogP contribution in [0.25, 0.3) is 10.8 Å². The van der Waals surface area contributed by atoms with E-state index in [1.165, 1.54) is 18.6 Å². The molecule has 0 N–H and O–H groups in total. The van der Waals surface area contributed by atoms with E-state index in [1.54, 1.807) is 23.9 Å². The first-order valence-corrected chi connectivity index (χ1v) is 16.3. The van der Waals surface area contributed by atoms with Crippen molar-refractivity contribution in [1.82, 2.24) is 0 Å². The first kappa shape index (κ1) is 30.6. The van der Waals surface area contributed by atoms with Crippen LogP contribution in [0.1, 0.15) is 44.9 Å². The number of fused-ring (bicyclic) bond motifs is 1. The molecule has 15 heteroatoms. The molecule has 39 heavy (non-hydrogen) atoms. The normalized spacial score (nSPS) is 20.8. The van der Waals surface area contributed by atoms with Gasteiger partial charge in [-0.25, -0.2) is 3.63 Å². The van der Waals surface area contributed by atoms with Crippen LogP contribution in [0.15, 0.2) is 46.2 Å². The number of hydrogen-bond donors (Lipinski definition) is 0. The van der Waals surface area contributed by atoms with Crippen molar-refractivity contribution >= 4 is 43.0 Å². The molecule has 2 aromatic carbocycles. The van der Waals surface area contributed by atoms with E-state index in [-0.39, 0.29) is 29.2 Å². The van der Waals surface area contributed by atoms with Crippen LogP contribution < -0.4 is 0 Å². The topological polar surface area (TPSA) is 43.4 Å². The highest BCUT2D eigenvalue weighted by Crippen LogP contribution is 2.65. The summed E-state index contributed by atoms with van der Waals surface area (Å²) in [7, 11) is -10.2. The Morgan fingerprint density at radius 1 is 0.744 bits per heavy atom. The average Bonchev–Trinajstić information content (AvgIpc) is 3.32. The van der Waals surface area contributed by atoms with Gasteiger partial charge >= 0.3 is 33.4 Å². The fraction of sp³-hybridized carbons (Fsp3) is 0.583. The predicted octanol–water partition coefficient (Wildman–Crippen LogP) is 8.91. The summed E-state index contributed by atoms with van der Waals surface area (Å²) in [5.74, 6) is -15.0. The van der Waals surface area contributed by atoms with Crippen molar-refractivity contribution in [2.75, 3.05) is 11.5 Å². The second-order valence-electron chi connectivity index (χ2n) is 9.66. The van der Waals surface area contributed by atoms with Crippen LogP contribution in [0.3, 0.4) is 0 Å². The third-order valence-corrected chi connectivity index (χ3v) is 13.9. The molecule has 1 aliphatic carbocycles. The Bertz CT molecular complexity index is 1300. The summed E-state index contributed by atoms with van der Waals surface area (Å²) in [4.78, 5) is 1.09. The zero-order valence-electron chi connectivity index (χ0n) is 20.3. The third-order valence-electron chi connectivity index (χ3n) is 6.92. The fourth-order valence-corrected chi connectivity index (χ4v) is 11.7. The summed E-state index contributed by atoms with van der Waals surface area (Å²) >= 11 is 1.73. The van der Waals surface area contributed by atoms with Crippen molar-refractivity contribution in [2.45, 2.75) is 83.3 Å². The van der Waals surface area contributed by atoms with Gasteiger partial charge in [0.15, 0.2) is 0 Å². The molecule has 0 bridgehead atoms. The quantitative estimate of drug-likeness (QED) is 0.274. The van der Waals surface area contributed by atoms with Gasteiger partial charge in [-0.15, -0.1) is 11.8 Å². The molecule has 220 valence electrons. The number of alkyl halides is 9. The van der Waals surface area contributed by atoms with Crippen molar-refractivity contribution in [3.05, 3.63) is 36.4 Å². The van der Waals surface area contributed by atoms with E-state index in [0.717, 1.165) is 36.0 Å². The lowest BCUT2D eigenvalue weighted by atomic mass is 10.0. The van der Waals surface area contributed by atoms with Gasteiger partial charge in [0.25, 0.3) is 0 Å². The minimum absolute atomic E-state index is 0.0884. The van der Waals surface area contributed by atoms with E-state index in [4.69, 9.17) is 0 Å². The number of rotatable bonds is 8. The van der Waals surface area contributed by atoms with E-state index in [1.807, 2.05) is 12.1 Å². The highest BCUT2D eigenvalue weighted by atomic mass is 32.3. The molecule has 1 heterocycles. The van der Waals surface area contributed by atoms with Gasteiger partial charge < -0.3 is 0 Å². The van der Waals surface area contributed by atoms with Crippen LogP contribution in [-0.4, -0.2) is 48.4 Å². The number of thioether (sulfide) groups is 1. The molecule has 2 aromatic rings. The standard InChI is InChI=1S/C24H25F9O3S3/c25-21(26,23(29,30)31)22(27,28)24(32,33)39(34,35)36-38(12-4-5-13-38)20-11-9-16-14-19(10-8-17(16)15-20)37-18-6-2-1-3-7-18/h8-11,14-15,18H,1-7,12-13H2. The van der Waals surface area contributed by atoms with Crippen molar-refractivity contribution in [3.8, 4) is 0 Å². The molecule has 0 radical (unpaired) electrons. The van der Waals surface area contributed by atoms with Crippen LogP contribution >= 0.6 is 22.1 Å². The van der Waals surface area contributed by atoms with Gasteiger partial charge in [0.1, 0.15) is 0 Å². The molecule has 0 aromatic heterocycles. The molecule has 3 nitrogen and oxygen atoms in total. The molecule has 1 saturated carbocycles. The first-order chi connectivity index (χ1) is 17.9. The molecule has 0 atom stereocenters. The van der Waals surface area contributed by atoms with Gasteiger partial charge in [0.05, 0.1) is 0 Å². The SMILES string of the molecule is O=S(=O)(OS1(c2ccc3cc(SC4CCCCC4)ccc3c2)CCCC1)C(F)(F)C(F)(F)C(F)(F)C(F)(F)F. The summed E-state index contributed by atoms with van der Waals surface area (Å²) in [6.07, 6.45) is -0.938. The van der Waals surface area contributed by atoms with Crippen LogP contribution in [0.5, 0.6) is 0 Å². The Morgan fingerprint density at radius 2 is 1.31 bits per heavy atom. The van der Waals surface area contributed by atoms with Crippen molar-refractivity contribution in [3.63, 3.8) is 0 Å². The van der Waals surface area contributed by atoms with Gasteiger partial charge in [-0.05, 0) is 60.7 Å². The first-order valence-electron chi connectivity index (χ1n) is 12.1. The van der Waals surface area contributed by atoms with Gasteiger partial charge in [0.2, 0.25) is 0 Å². The summed E-state index contributed by atoms with van der Waals surface area (Å²) in [5.41, 5.74) is 0. The molecular formula is C24H25F9O3S3. The molecule has 0 amide bonds. The highest BCUT2D eigenvalue weighted by molar-refractivity contribution is 8.33. The van der Waals surface area contributed by atoms with E-state index in [2.05, 4.69) is 3.63 Å². The molecule has 4 rings (SSSR count). The van der Waals surface area contributed by atoms with Crippen LogP contribution in [0.2, 0.25) is 0 Å². The molecule has 2 aliphatic rings. The molecule has 1 aliphatic heterocycles. The maximum atomic E-state index is 14.4. The van der Waals surface area contributed by atoms with E-state index in [0.29, 0.717) is 10.6 Å². The van der Waals surface area contributed by atoms with Crippen LogP contribution in [0.4, 0.5) is 39.5 Å². The zero-order chi connectivity index (χ0) is 28.9. The van der Waals surface area contributed by atoms with Crippen molar-refractivity contribution in [1.29, 1.82) is 0 Å². The summed E-state index contributed by atoms with van der Waals surface area (Å²) in [5, 5.41) is -5.09. The minimum atomic E-state index is -7.34. The van der Waals surface area contributed by atoms with Crippen LogP contribution in [0, 0.1) is 0 Å². The Morgan fingerprint density at radius 3 is 1.90 bits per heavy atom. The number of hydrogen-bond acceptors (Lipinski definition) is 4. The zero-order valence-corrected chi connectivity index (χ0v) is 22.7. The van der Waals surface area contributed by atoms with E-state index >= 15 is 0 Å². The predicted molar refractivity (Wildman–Crippen MR) is 132 cm³/mol. The minimum Gasteiger partial charge on any atom is -0.211 e. The van der Waals surface area contributed by atoms with Crippen LogP contribution in [-0.2, 0) is 13.7 Å². The number of benzene rings is 2. The molecule has 2 fully saturated rings. The maximum absolute atomic E-state index is 14.4. The third kappa shape index (κ3) is 5.49. The molecule has 0 unspecified atom stereocenters. The summed E-state index contributed by atoms with van der Waals surface area (Å²) in [6.45, 7) is 0. The van der Waals surface area contributed by atoms with Crippen molar-refractivity contribution < 1.29 is 51.6 Å². The Labute approximate surface area is 225 Å². The Hall–Kier alpha value is -1.32. The maximum Gasteiger partial charge on any atom is 0.460 e. The second kappa shape index (κ2) is 10.5. The highest BCUT2D eigenvalue weighted by Gasteiger charge is 2.86. The lowest BCUT2D eigenvalue weighted by Gasteiger charge is -2.38. The smallest absolute Gasteiger partial charge is 0.211 e. The average molecular weight is 629 g/mol. The monoisotopic (exact) mass is 628 g/mol. The largest absolute Gasteiger partial charge is 0.460 e. The number of halogens is 9. The molecule has 1 saturated heterocycles.